The van der Waals surface area contributed by atoms with E-state index in [9.17, 15) is 5.11 Å². The number of hydrogen-bond donors (Lipinski definition) is 1. The van der Waals surface area contributed by atoms with Crippen molar-refractivity contribution in [2.24, 2.45) is 0 Å². The maximum Gasteiger partial charge on any atom is 0.0553 e. The minimum absolute atomic E-state index is 0.277. The van der Waals surface area contributed by atoms with Gasteiger partial charge in [0.05, 0.1) is 6.10 Å². The molecule has 1 unspecified atom stereocenters. The van der Waals surface area contributed by atoms with Gasteiger partial charge in [0.15, 0.2) is 0 Å². The van der Waals surface area contributed by atoms with E-state index in [2.05, 4.69) is 17.0 Å². The van der Waals surface area contributed by atoms with Crippen molar-refractivity contribution in [2.75, 3.05) is 19.0 Å². The van der Waals surface area contributed by atoms with E-state index in [1.807, 2.05) is 33.2 Å². The molecule has 0 aliphatic heterocycles. The molecule has 0 aliphatic carbocycles. The molecule has 72 valence electrons. The minimum atomic E-state index is -0.277. The zero-order valence-corrected chi connectivity index (χ0v) is 8.49. The van der Waals surface area contributed by atoms with E-state index in [1.54, 1.807) is 0 Å². The van der Waals surface area contributed by atoms with Crippen molar-refractivity contribution in [3.8, 4) is 0 Å². The second kappa shape index (κ2) is 4.28. The van der Waals surface area contributed by atoms with Gasteiger partial charge in [0.25, 0.3) is 0 Å². The van der Waals surface area contributed by atoms with Crippen LogP contribution in [0.1, 0.15) is 12.5 Å². The van der Waals surface area contributed by atoms with Crippen molar-refractivity contribution in [1.29, 1.82) is 0 Å². The number of benzene rings is 1. The lowest BCUT2D eigenvalue weighted by molar-refractivity contribution is 0.195. The van der Waals surface area contributed by atoms with Crippen LogP contribution < -0.4 is 4.90 Å². The number of hydrogen-bond acceptors (Lipinski definition) is 2. The molecule has 0 radical (unpaired) electrons. The lowest BCUT2D eigenvalue weighted by atomic mass is 10.1. The van der Waals surface area contributed by atoms with Crippen LogP contribution in [0.2, 0.25) is 0 Å². The summed E-state index contributed by atoms with van der Waals surface area (Å²) >= 11 is 0. The third kappa shape index (κ3) is 2.74. The lowest BCUT2D eigenvalue weighted by Crippen LogP contribution is -2.13. The van der Waals surface area contributed by atoms with Crippen LogP contribution in [0.15, 0.2) is 24.3 Å². The monoisotopic (exact) mass is 179 g/mol. The van der Waals surface area contributed by atoms with Gasteiger partial charge >= 0.3 is 0 Å². The Morgan fingerprint density at radius 3 is 2.46 bits per heavy atom. The van der Waals surface area contributed by atoms with Gasteiger partial charge in [0.1, 0.15) is 0 Å². The first-order valence-corrected chi connectivity index (χ1v) is 4.54. The van der Waals surface area contributed by atoms with Crippen molar-refractivity contribution < 1.29 is 5.11 Å². The maximum absolute atomic E-state index is 9.29. The summed E-state index contributed by atoms with van der Waals surface area (Å²) in [6.45, 7) is 1.81. The van der Waals surface area contributed by atoms with E-state index in [0.29, 0.717) is 6.42 Å². The molecule has 0 aliphatic rings. The van der Waals surface area contributed by atoms with Crippen LogP contribution in [0, 0.1) is 0 Å². The Morgan fingerprint density at radius 1 is 1.31 bits per heavy atom. The zero-order chi connectivity index (χ0) is 9.84. The van der Waals surface area contributed by atoms with Gasteiger partial charge in [-0.2, -0.15) is 0 Å². The van der Waals surface area contributed by atoms with Crippen LogP contribution in [0.3, 0.4) is 0 Å². The quantitative estimate of drug-likeness (QED) is 0.763. The predicted octanol–water partition coefficient (Wildman–Crippen LogP) is 1.68. The van der Waals surface area contributed by atoms with E-state index < -0.39 is 0 Å². The second-order valence-corrected chi connectivity index (χ2v) is 3.58. The molecule has 1 atom stereocenters. The molecular weight excluding hydrogens is 162 g/mol. The molecule has 0 bridgehead atoms. The molecule has 1 rings (SSSR count). The molecule has 0 saturated heterocycles. The summed E-state index contributed by atoms with van der Waals surface area (Å²) < 4.78 is 0. The third-order valence-corrected chi connectivity index (χ3v) is 1.99. The third-order valence-electron chi connectivity index (χ3n) is 1.99. The summed E-state index contributed by atoms with van der Waals surface area (Å²) in [4.78, 5) is 2.07. The zero-order valence-electron chi connectivity index (χ0n) is 8.49. The SMILES string of the molecule is CC(O)Cc1ccccc1N(C)C. The first-order valence-electron chi connectivity index (χ1n) is 4.54. The van der Waals surface area contributed by atoms with E-state index in [-0.39, 0.29) is 6.10 Å². The molecule has 0 spiro atoms. The number of aliphatic hydroxyl groups excluding tert-OH is 1. The van der Waals surface area contributed by atoms with E-state index in [0.717, 1.165) is 0 Å². The smallest absolute Gasteiger partial charge is 0.0553 e. The molecule has 0 aromatic heterocycles. The second-order valence-electron chi connectivity index (χ2n) is 3.58. The Hall–Kier alpha value is -1.02. The molecular formula is C11H17NO. The fraction of sp³-hybridized carbons (Fsp3) is 0.455. The molecule has 1 aromatic rings. The molecule has 0 heterocycles. The number of rotatable bonds is 3. The summed E-state index contributed by atoms with van der Waals surface area (Å²) in [7, 11) is 4.03. The highest BCUT2D eigenvalue weighted by Crippen LogP contribution is 2.19. The molecule has 0 fully saturated rings. The van der Waals surface area contributed by atoms with Crippen molar-refractivity contribution in [3.05, 3.63) is 29.8 Å². The molecule has 0 saturated carbocycles. The average molecular weight is 179 g/mol. The Balaban J connectivity index is 2.91. The Morgan fingerprint density at radius 2 is 1.92 bits per heavy atom. The predicted molar refractivity (Wildman–Crippen MR) is 56.2 cm³/mol. The van der Waals surface area contributed by atoms with Gasteiger partial charge in [-0.1, -0.05) is 18.2 Å². The van der Waals surface area contributed by atoms with Gasteiger partial charge < -0.3 is 10.0 Å². The van der Waals surface area contributed by atoms with Gasteiger partial charge in [-0.05, 0) is 18.6 Å². The highest BCUT2D eigenvalue weighted by molar-refractivity contribution is 5.52. The maximum atomic E-state index is 9.29. The Bertz CT molecular complexity index is 269. The molecule has 13 heavy (non-hydrogen) atoms. The van der Waals surface area contributed by atoms with Gasteiger partial charge in [-0.3, -0.25) is 0 Å². The van der Waals surface area contributed by atoms with Crippen molar-refractivity contribution in [1.82, 2.24) is 0 Å². The summed E-state index contributed by atoms with van der Waals surface area (Å²) in [6.07, 6.45) is 0.440. The summed E-state index contributed by atoms with van der Waals surface area (Å²) in [5.41, 5.74) is 2.38. The number of aliphatic hydroxyl groups is 1. The highest BCUT2D eigenvalue weighted by atomic mass is 16.3. The molecule has 1 N–H and O–H groups in total. The normalized spacial score (nSPS) is 12.6. The van der Waals surface area contributed by atoms with Crippen LogP contribution in [-0.2, 0) is 6.42 Å². The number of anilines is 1. The lowest BCUT2D eigenvalue weighted by Gasteiger charge is -2.17. The summed E-state index contributed by atoms with van der Waals surface area (Å²) in [6, 6.07) is 8.14. The topological polar surface area (TPSA) is 23.5 Å². The number of nitrogens with zero attached hydrogens (tertiary/aromatic N) is 1. The van der Waals surface area contributed by atoms with Crippen LogP contribution in [0.25, 0.3) is 0 Å². The summed E-state index contributed by atoms with van der Waals surface area (Å²) in [5.74, 6) is 0. The van der Waals surface area contributed by atoms with Gasteiger partial charge in [0.2, 0.25) is 0 Å². The van der Waals surface area contributed by atoms with Gasteiger partial charge in [0, 0.05) is 26.2 Å². The Kier molecular flexibility index (Phi) is 3.32. The fourth-order valence-corrected chi connectivity index (χ4v) is 1.44. The van der Waals surface area contributed by atoms with Crippen molar-refractivity contribution in [3.63, 3.8) is 0 Å². The van der Waals surface area contributed by atoms with Crippen molar-refractivity contribution in [2.45, 2.75) is 19.4 Å². The number of para-hydroxylation sites is 1. The van der Waals surface area contributed by atoms with Gasteiger partial charge in [-0.25, -0.2) is 0 Å². The first-order chi connectivity index (χ1) is 6.11. The van der Waals surface area contributed by atoms with Gasteiger partial charge in [-0.15, -0.1) is 0 Å². The molecule has 2 nitrogen and oxygen atoms in total. The minimum Gasteiger partial charge on any atom is -0.393 e. The van der Waals surface area contributed by atoms with E-state index in [1.165, 1.54) is 11.3 Å². The molecule has 0 amide bonds. The standard InChI is InChI=1S/C11H17NO/c1-9(13)8-10-6-4-5-7-11(10)12(2)3/h4-7,9,13H,8H2,1-3H3. The van der Waals surface area contributed by atoms with E-state index >= 15 is 0 Å². The highest BCUT2D eigenvalue weighted by Gasteiger charge is 2.05. The average Bonchev–Trinajstić information content (AvgIpc) is 2.03. The summed E-state index contributed by atoms with van der Waals surface area (Å²) in [5, 5.41) is 9.29. The van der Waals surface area contributed by atoms with Crippen molar-refractivity contribution >= 4 is 5.69 Å². The van der Waals surface area contributed by atoms with Crippen LogP contribution in [0.4, 0.5) is 5.69 Å². The van der Waals surface area contributed by atoms with Crippen LogP contribution in [0.5, 0.6) is 0 Å². The fourth-order valence-electron chi connectivity index (χ4n) is 1.44. The largest absolute Gasteiger partial charge is 0.393 e. The van der Waals surface area contributed by atoms with Crippen LogP contribution >= 0.6 is 0 Å². The first kappa shape index (κ1) is 10.1. The Labute approximate surface area is 79.8 Å². The molecule has 2 heteroatoms. The van der Waals surface area contributed by atoms with Crippen LogP contribution in [-0.4, -0.2) is 25.3 Å². The van der Waals surface area contributed by atoms with E-state index in [4.69, 9.17) is 0 Å². The molecule has 1 aromatic carbocycles.